The van der Waals surface area contributed by atoms with Gasteiger partial charge in [-0.2, -0.15) is 0 Å². The van der Waals surface area contributed by atoms with Crippen LogP contribution in [-0.4, -0.2) is 14.9 Å². The number of hydrogen-bond donors (Lipinski definition) is 1. The Bertz CT molecular complexity index is 931. The van der Waals surface area contributed by atoms with E-state index in [4.69, 9.17) is 28.9 Å². The number of nitrogen functional groups attached to an aromatic ring is 1. The van der Waals surface area contributed by atoms with Gasteiger partial charge in [-0.05, 0) is 29.8 Å². The van der Waals surface area contributed by atoms with E-state index in [1.54, 1.807) is 24.3 Å². The zero-order valence-corrected chi connectivity index (χ0v) is 13.2. The number of rotatable bonds is 3. The third kappa shape index (κ3) is 3.18. The predicted molar refractivity (Wildman–Crippen MR) is 89.9 cm³/mol. The monoisotopic (exact) mass is 348 g/mol. The number of nitrogens with zero attached hydrogens (tertiary/aromatic N) is 3. The van der Waals surface area contributed by atoms with Gasteiger partial charge in [0.1, 0.15) is 5.02 Å². The number of nitro groups is 1. The molecule has 0 fully saturated rings. The van der Waals surface area contributed by atoms with Crippen molar-refractivity contribution in [2.45, 2.75) is 6.42 Å². The molecule has 0 radical (unpaired) electrons. The Morgan fingerprint density at radius 2 is 1.91 bits per heavy atom. The summed E-state index contributed by atoms with van der Waals surface area (Å²) in [6.45, 7) is 0. The third-order valence-corrected chi connectivity index (χ3v) is 3.89. The quantitative estimate of drug-likeness (QED) is 0.569. The van der Waals surface area contributed by atoms with Gasteiger partial charge < -0.3 is 5.73 Å². The summed E-state index contributed by atoms with van der Waals surface area (Å²) in [7, 11) is 0. The molecule has 1 aromatic heterocycles. The van der Waals surface area contributed by atoms with Crippen molar-refractivity contribution < 1.29 is 4.92 Å². The Kier molecular flexibility index (Phi) is 4.02. The zero-order valence-electron chi connectivity index (χ0n) is 11.7. The van der Waals surface area contributed by atoms with E-state index >= 15 is 0 Å². The van der Waals surface area contributed by atoms with E-state index in [2.05, 4.69) is 9.97 Å². The number of hydrogen-bond acceptors (Lipinski definition) is 5. The molecule has 0 saturated carbocycles. The summed E-state index contributed by atoms with van der Waals surface area (Å²) in [5, 5.41) is 12.4. The molecule has 6 nitrogen and oxygen atoms in total. The van der Waals surface area contributed by atoms with Crippen molar-refractivity contribution in [1.29, 1.82) is 0 Å². The molecule has 0 unspecified atom stereocenters. The Balaban J connectivity index is 2.10. The molecule has 8 heteroatoms. The summed E-state index contributed by atoms with van der Waals surface area (Å²) in [4.78, 5) is 18.9. The summed E-state index contributed by atoms with van der Waals surface area (Å²) >= 11 is 11.9. The Morgan fingerprint density at radius 1 is 1.13 bits per heavy atom. The highest BCUT2D eigenvalue weighted by molar-refractivity contribution is 6.32. The first-order valence-corrected chi connectivity index (χ1v) is 7.34. The molecule has 2 aromatic carbocycles. The maximum absolute atomic E-state index is 11.0. The van der Waals surface area contributed by atoms with Crippen molar-refractivity contribution in [3.05, 3.63) is 67.8 Å². The normalized spacial score (nSPS) is 10.9. The lowest BCUT2D eigenvalue weighted by Gasteiger charge is -2.08. The van der Waals surface area contributed by atoms with Crippen LogP contribution in [0.15, 0.2) is 36.4 Å². The molecule has 0 spiro atoms. The van der Waals surface area contributed by atoms with Gasteiger partial charge >= 0.3 is 0 Å². The summed E-state index contributed by atoms with van der Waals surface area (Å²) < 4.78 is 0. The zero-order chi connectivity index (χ0) is 16.6. The molecule has 1 heterocycles. The lowest BCUT2D eigenvalue weighted by atomic mass is 10.1. The van der Waals surface area contributed by atoms with Gasteiger partial charge in [-0.15, -0.1) is 0 Å². The number of benzene rings is 2. The topological polar surface area (TPSA) is 94.9 Å². The van der Waals surface area contributed by atoms with Crippen molar-refractivity contribution in [1.82, 2.24) is 9.97 Å². The Hall–Kier alpha value is -2.44. The second-order valence-corrected chi connectivity index (χ2v) is 5.75. The number of aromatic nitrogens is 2. The first-order valence-electron chi connectivity index (χ1n) is 6.58. The van der Waals surface area contributed by atoms with Gasteiger partial charge in [0.25, 0.3) is 5.69 Å². The van der Waals surface area contributed by atoms with E-state index in [0.29, 0.717) is 28.2 Å². The second-order valence-electron chi connectivity index (χ2n) is 4.91. The van der Waals surface area contributed by atoms with Gasteiger partial charge in [-0.3, -0.25) is 10.1 Å². The molecule has 3 rings (SSSR count). The van der Waals surface area contributed by atoms with Crippen molar-refractivity contribution in [2.75, 3.05) is 5.73 Å². The van der Waals surface area contributed by atoms with Gasteiger partial charge in [0.15, 0.2) is 0 Å². The molecule has 2 N–H and O–H groups in total. The largest absolute Gasteiger partial charge is 0.368 e. The molecule has 3 aromatic rings. The fourth-order valence-electron chi connectivity index (χ4n) is 2.32. The Labute approximate surface area is 141 Å². The van der Waals surface area contributed by atoms with E-state index in [1.165, 1.54) is 12.1 Å². The average Bonchev–Trinajstić information content (AvgIpc) is 2.49. The molecule has 0 aliphatic heterocycles. The van der Waals surface area contributed by atoms with E-state index in [9.17, 15) is 10.1 Å². The van der Waals surface area contributed by atoms with Crippen molar-refractivity contribution in [3.8, 4) is 0 Å². The first kappa shape index (κ1) is 15.5. The second kappa shape index (κ2) is 5.98. The van der Waals surface area contributed by atoms with Gasteiger partial charge in [0.05, 0.1) is 16.1 Å². The molecule has 0 aliphatic rings. The highest BCUT2D eigenvalue weighted by Gasteiger charge is 2.14. The minimum Gasteiger partial charge on any atom is -0.368 e. The highest BCUT2D eigenvalue weighted by atomic mass is 35.5. The lowest BCUT2D eigenvalue weighted by Crippen LogP contribution is -2.02. The number of nitro benzene ring substituents is 1. The van der Waals surface area contributed by atoms with Crippen molar-refractivity contribution >= 4 is 45.7 Å². The molecular weight excluding hydrogens is 339 g/mol. The van der Waals surface area contributed by atoms with Crippen LogP contribution in [0.3, 0.4) is 0 Å². The minimum atomic E-state index is -0.519. The van der Waals surface area contributed by atoms with Crippen LogP contribution >= 0.6 is 23.2 Å². The predicted octanol–water partition coefficient (Wildman–Crippen LogP) is 4.02. The number of halogens is 2. The van der Waals surface area contributed by atoms with E-state index in [0.717, 1.165) is 5.39 Å². The number of anilines is 1. The minimum absolute atomic E-state index is 0.0915. The standard InChI is InChI=1S/C15H10Cl2N4O2/c16-9-2-4-12-10(7-9)13(20-15(18)19-12)5-8-1-3-11(17)14(6-8)21(22)23/h1-4,6-7H,5H2,(H2,18,19,20). The summed E-state index contributed by atoms with van der Waals surface area (Å²) in [5.74, 6) is 0.137. The van der Waals surface area contributed by atoms with Crippen LogP contribution in [-0.2, 0) is 6.42 Å². The molecule has 0 amide bonds. The molecule has 0 saturated heterocycles. The summed E-state index contributed by atoms with van der Waals surface area (Å²) in [5.41, 5.74) is 7.60. The van der Waals surface area contributed by atoms with Crippen LogP contribution in [0.1, 0.15) is 11.3 Å². The maximum Gasteiger partial charge on any atom is 0.288 e. The summed E-state index contributed by atoms with van der Waals surface area (Å²) in [6, 6.07) is 9.85. The van der Waals surface area contributed by atoms with E-state index in [1.807, 2.05) is 0 Å². The highest BCUT2D eigenvalue weighted by Crippen LogP contribution is 2.28. The van der Waals surface area contributed by atoms with Crippen molar-refractivity contribution in [3.63, 3.8) is 0 Å². The molecular formula is C15H10Cl2N4O2. The summed E-state index contributed by atoms with van der Waals surface area (Å²) in [6.07, 6.45) is 0.349. The average molecular weight is 349 g/mol. The van der Waals surface area contributed by atoms with E-state index < -0.39 is 4.92 Å². The number of fused-ring (bicyclic) bond motifs is 1. The molecule has 0 bridgehead atoms. The number of nitrogens with two attached hydrogens (primary N) is 1. The fraction of sp³-hybridized carbons (Fsp3) is 0.0667. The molecule has 23 heavy (non-hydrogen) atoms. The fourth-order valence-corrected chi connectivity index (χ4v) is 2.68. The third-order valence-electron chi connectivity index (χ3n) is 3.33. The van der Waals surface area contributed by atoms with E-state index in [-0.39, 0.29) is 16.7 Å². The Morgan fingerprint density at radius 3 is 2.65 bits per heavy atom. The van der Waals surface area contributed by atoms with Crippen LogP contribution in [0.5, 0.6) is 0 Å². The molecule has 0 aliphatic carbocycles. The van der Waals surface area contributed by atoms with Crippen LogP contribution < -0.4 is 5.73 Å². The van der Waals surface area contributed by atoms with Gasteiger partial charge in [0, 0.05) is 22.9 Å². The van der Waals surface area contributed by atoms with Gasteiger partial charge in [0.2, 0.25) is 5.95 Å². The van der Waals surface area contributed by atoms with Gasteiger partial charge in [-0.25, -0.2) is 9.97 Å². The van der Waals surface area contributed by atoms with Crippen LogP contribution in [0.4, 0.5) is 11.6 Å². The van der Waals surface area contributed by atoms with Crippen LogP contribution in [0.25, 0.3) is 10.9 Å². The lowest BCUT2D eigenvalue weighted by molar-refractivity contribution is -0.384. The van der Waals surface area contributed by atoms with Gasteiger partial charge in [-0.1, -0.05) is 29.3 Å². The smallest absolute Gasteiger partial charge is 0.288 e. The first-order chi connectivity index (χ1) is 10.9. The molecule has 116 valence electrons. The molecule has 0 atom stereocenters. The SMILES string of the molecule is Nc1nc(Cc2ccc(Cl)c([N+](=O)[O-])c2)c2cc(Cl)ccc2n1. The maximum atomic E-state index is 11.0. The van der Waals surface area contributed by atoms with Crippen molar-refractivity contribution in [2.24, 2.45) is 0 Å². The van der Waals surface area contributed by atoms with Crippen LogP contribution in [0.2, 0.25) is 10.0 Å². The van der Waals surface area contributed by atoms with Crippen LogP contribution in [0, 0.1) is 10.1 Å².